The minimum Gasteiger partial charge on any atom is -0.469 e. The molecule has 0 aliphatic carbocycles. The van der Waals surface area contributed by atoms with Crippen LogP contribution in [0.2, 0.25) is 0 Å². The van der Waals surface area contributed by atoms with Crippen LogP contribution in [0.4, 0.5) is 0 Å². The number of esters is 1. The van der Waals surface area contributed by atoms with Gasteiger partial charge in [-0.2, -0.15) is 0 Å². The van der Waals surface area contributed by atoms with Crippen molar-refractivity contribution in [2.45, 2.75) is 6.42 Å². The predicted molar refractivity (Wildman–Crippen MR) is 63.9 cm³/mol. The Labute approximate surface area is 104 Å². The molecule has 0 amide bonds. The Morgan fingerprint density at radius 1 is 1.32 bits per heavy atom. The van der Waals surface area contributed by atoms with Crippen LogP contribution in [0.5, 0.6) is 0 Å². The van der Waals surface area contributed by atoms with E-state index >= 15 is 0 Å². The molecule has 2 N–H and O–H groups in total. The van der Waals surface area contributed by atoms with E-state index in [1.807, 2.05) is 0 Å². The van der Waals surface area contributed by atoms with Gasteiger partial charge in [-0.1, -0.05) is 0 Å². The van der Waals surface area contributed by atoms with Crippen molar-refractivity contribution in [1.29, 1.82) is 0 Å². The molecule has 0 fully saturated rings. The van der Waals surface area contributed by atoms with E-state index in [0.29, 0.717) is 0 Å². The molecule has 2 aromatic rings. The smallest absolute Gasteiger partial charge is 0.329 e. The molecule has 9 heteroatoms. The summed E-state index contributed by atoms with van der Waals surface area (Å²) >= 11 is 0. The van der Waals surface area contributed by atoms with Gasteiger partial charge in [0.25, 0.3) is 11.1 Å². The molecular weight excluding hydrogens is 256 g/mol. The van der Waals surface area contributed by atoms with Crippen LogP contribution < -0.4 is 16.8 Å². The number of hydrogen-bond donors (Lipinski definition) is 2. The van der Waals surface area contributed by atoms with E-state index in [1.165, 1.54) is 14.2 Å². The van der Waals surface area contributed by atoms with E-state index in [2.05, 4.69) is 19.7 Å². The number of aromatic amines is 2. The number of hydrogen-bond acceptors (Lipinski definition) is 6. The van der Waals surface area contributed by atoms with Crippen molar-refractivity contribution in [3.8, 4) is 0 Å². The molecule has 19 heavy (non-hydrogen) atoms. The van der Waals surface area contributed by atoms with Crippen LogP contribution in [0.25, 0.3) is 11.2 Å². The second-order valence-corrected chi connectivity index (χ2v) is 3.78. The molecule has 0 aliphatic heterocycles. The number of fused-ring (bicyclic) bond motifs is 1. The van der Waals surface area contributed by atoms with Crippen LogP contribution in [-0.4, -0.2) is 32.6 Å². The first-order chi connectivity index (χ1) is 8.93. The standard InChI is InChI=1S/C10H10N4O5/c1-14-9(17)6-7(13-10(14)18)12-8(16)4(11-6)3-5(15)19-2/h3H2,1-2H3,(H2,12,13,16,18). The van der Waals surface area contributed by atoms with Gasteiger partial charge in [0.15, 0.2) is 5.52 Å². The van der Waals surface area contributed by atoms with E-state index in [0.717, 1.165) is 4.57 Å². The lowest BCUT2D eigenvalue weighted by atomic mass is 10.3. The quantitative estimate of drug-likeness (QED) is 0.607. The number of carbonyl (C=O) groups is 1. The van der Waals surface area contributed by atoms with Crippen molar-refractivity contribution >= 4 is 17.1 Å². The zero-order valence-corrected chi connectivity index (χ0v) is 10.1. The van der Waals surface area contributed by atoms with Gasteiger partial charge in [0.05, 0.1) is 13.5 Å². The molecule has 100 valence electrons. The Bertz CT molecular complexity index is 828. The fourth-order valence-electron chi connectivity index (χ4n) is 1.50. The van der Waals surface area contributed by atoms with Gasteiger partial charge in [-0.25, -0.2) is 9.78 Å². The van der Waals surface area contributed by atoms with Crippen molar-refractivity contribution in [2.24, 2.45) is 7.05 Å². The summed E-state index contributed by atoms with van der Waals surface area (Å²) in [6, 6.07) is 0. The fourth-order valence-corrected chi connectivity index (χ4v) is 1.50. The molecular formula is C10H10N4O5. The zero-order valence-electron chi connectivity index (χ0n) is 10.1. The highest BCUT2D eigenvalue weighted by Crippen LogP contribution is 1.97. The summed E-state index contributed by atoms with van der Waals surface area (Å²) in [6.07, 6.45) is -0.357. The Morgan fingerprint density at radius 2 is 2.00 bits per heavy atom. The molecule has 2 rings (SSSR count). The van der Waals surface area contributed by atoms with Crippen LogP contribution in [0.1, 0.15) is 5.69 Å². The van der Waals surface area contributed by atoms with Crippen molar-refractivity contribution in [1.82, 2.24) is 19.5 Å². The molecule has 9 nitrogen and oxygen atoms in total. The first kappa shape index (κ1) is 12.7. The van der Waals surface area contributed by atoms with E-state index in [4.69, 9.17) is 0 Å². The normalized spacial score (nSPS) is 10.6. The minimum absolute atomic E-state index is 0.0771. The van der Waals surface area contributed by atoms with Crippen molar-refractivity contribution in [3.05, 3.63) is 36.9 Å². The van der Waals surface area contributed by atoms with Gasteiger partial charge in [-0.05, 0) is 0 Å². The van der Waals surface area contributed by atoms with Crippen LogP contribution >= 0.6 is 0 Å². The van der Waals surface area contributed by atoms with E-state index in [-0.39, 0.29) is 23.3 Å². The lowest BCUT2D eigenvalue weighted by molar-refractivity contribution is -0.139. The molecule has 0 atom stereocenters. The topological polar surface area (TPSA) is 127 Å². The molecule has 2 aromatic heterocycles. The first-order valence-electron chi connectivity index (χ1n) is 5.23. The Morgan fingerprint density at radius 3 is 2.63 bits per heavy atom. The lowest BCUT2D eigenvalue weighted by Crippen LogP contribution is -2.35. The molecule has 0 aliphatic rings. The highest BCUT2D eigenvalue weighted by atomic mass is 16.5. The van der Waals surface area contributed by atoms with Crippen LogP contribution in [0.15, 0.2) is 14.4 Å². The first-order valence-corrected chi connectivity index (χ1v) is 5.23. The SMILES string of the molecule is COC(=O)Cc1nc2c(=O)n(C)c(=O)[nH]c2[nH]c1=O. The fraction of sp³-hybridized carbons (Fsp3) is 0.300. The Balaban J connectivity index is 2.75. The third kappa shape index (κ3) is 2.17. The molecule has 0 radical (unpaired) electrons. The number of rotatable bonds is 2. The second-order valence-electron chi connectivity index (χ2n) is 3.78. The largest absolute Gasteiger partial charge is 0.469 e. The summed E-state index contributed by atoms with van der Waals surface area (Å²) in [5.74, 6) is -0.654. The number of methoxy groups -OCH3 is 1. The highest BCUT2D eigenvalue weighted by molar-refractivity contribution is 5.73. The van der Waals surface area contributed by atoms with Gasteiger partial charge in [-0.3, -0.25) is 23.9 Å². The van der Waals surface area contributed by atoms with Crippen molar-refractivity contribution < 1.29 is 9.53 Å². The number of ether oxygens (including phenoxy) is 1. The van der Waals surface area contributed by atoms with Crippen LogP contribution in [0.3, 0.4) is 0 Å². The summed E-state index contributed by atoms with van der Waals surface area (Å²) in [4.78, 5) is 54.3. The average Bonchev–Trinajstić information content (AvgIpc) is 2.38. The van der Waals surface area contributed by atoms with Crippen LogP contribution in [-0.2, 0) is 23.0 Å². The monoisotopic (exact) mass is 266 g/mol. The summed E-state index contributed by atoms with van der Waals surface area (Å²) in [6.45, 7) is 0. The molecule has 0 saturated heterocycles. The van der Waals surface area contributed by atoms with E-state index < -0.39 is 22.8 Å². The van der Waals surface area contributed by atoms with Gasteiger partial charge < -0.3 is 9.72 Å². The number of nitrogens with one attached hydrogen (secondary N) is 2. The van der Waals surface area contributed by atoms with Gasteiger partial charge in [0.2, 0.25) is 0 Å². The van der Waals surface area contributed by atoms with Crippen LogP contribution in [0, 0.1) is 0 Å². The van der Waals surface area contributed by atoms with Gasteiger partial charge >= 0.3 is 11.7 Å². The maximum Gasteiger partial charge on any atom is 0.329 e. The van der Waals surface area contributed by atoms with E-state index in [9.17, 15) is 19.2 Å². The number of nitrogens with zero attached hydrogens (tertiary/aromatic N) is 2. The number of H-pyrrole nitrogens is 2. The summed E-state index contributed by atoms with van der Waals surface area (Å²) < 4.78 is 5.24. The third-order valence-corrected chi connectivity index (χ3v) is 2.57. The van der Waals surface area contributed by atoms with Crippen molar-refractivity contribution in [3.63, 3.8) is 0 Å². The van der Waals surface area contributed by atoms with Gasteiger partial charge in [0.1, 0.15) is 11.3 Å². The van der Waals surface area contributed by atoms with Gasteiger partial charge in [0, 0.05) is 7.05 Å². The summed E-state index contributed by atoms with van der Waals surface area (Å²) in [5, 5.41) is 0. The van der Waals surface area contributed by atoms with Gasteiger partial charge in [-0.15, -0.1) is 0 Å². The minimum atomic E-state index is -0.671. The highest BCUT2D eigenvalue weighted by Gasteiger charge is 2.13. The molecule has 0 spiro atoms. The molecule has 0 saturated carbocycles. The summed E-state index contributed by atoms with van der Waals surface area (Å²) in [7, 11) is 2.45. The maximum atomic E-state index is 11.8. The average molecular weight is 266 g/mol. The number of carbonyl (C=O) groups excluding carboxylic acids is 1. The lowest BCUT2D eigenvalue weighted by Gasteiger charge is -2.02. The summed E-state index contributed by atoms with van der Waals surface area (Å²) in [5.41, 5.74) is -2.35. The number of aromatic nitrogens is 4. The third-order valence-electron chi connectivity index (χ3n) is 2.57. The van der Waals surface area contributed by atoms with Crippen molar-refractivity contribution in [2.75, 3.05) is 7.11 Å². The second kappa shape index (κ2) is 4.52. The molecule has 0 aromatic carbocycles. The predicted octanol–water partition coefficient (Wildman–Crippen LogP) is -1.97. The van der Waals surface area contributed by atoms with E-state index in [1.54, 1.807) is 0 Å². The Kier molecular flexibility index (Phi) is 3.03. The molecule has 0 unspecified atom stereocenters. The Hall–Kier alpha value is -2.71. The zero-order chi connectivity index (χ0) is 14.2. The molecule has 0 bridgehead atoms. The maximum absolute atomic E-state index is 11.8. The molecule has 2 heterocycles.